The fourth-order valence-electron chi connectivity index (χ4n) is 2.42. The number of hydrogen-bond acceptors (Lipinski definition) is 7. The lowest BCUT2D eigenvalue weighted by Gasteiger charge is -2.07. The van der Waals surface area contributed by atoms with Crippen LogP contribution < -0.4 is 20.5 Å². The molecule has 0 aliphatic carbocycles. The maximum atomic E-state index is 12.2. The first-order valence-corrected chi connectivity index (χ1v) is 8.20. The van der Waals surface area contributed by atoms with Crippen LogP contribution in [0.1, 0.15) is 16.8 Å². The van der Waals surface area contributed by atoms with E-state index in [1.165, 1.54) is 0 Å². The molecule has 0 radical (unpaired) electrons. The highest BCUT2D eigenvalue weighted by Gasteiger charge is 2.06. The summed E-state index contributed by atoms with van der Waals surface area (Å²) in [5.41, 5.74) is 4.47. The highest BCUT2D eigenvalue weighted by atomic mass is 16.5. The number of rotatable bonds is 7. The molecule has 138 valence electrons. The number of nitrogens with zero attached hydrogens (tertiary/aromatic N) is 3. The van der Waals surface area contributed by atoms with Crippen molar-refractivity contribution < 1.29 is 9.47 Å². The Labute approximate surface area is 155 Å². The van der Waals surface area contributed by atoms with Gasteiger partial charge in [-0.1, -0.05) is 30.3 Å². The fraction of sp³-hybridized carbons (Fsp3) is 0.158. The molecule has 3 aromatic rings. The van der Waals surface area contributed by atoms with Crippen LogP contribution in [0.3, 0.4) is 0 Å². The maximum Gasteiger partial charge on any atom is 0.274 e. The number of benzene rings is 2. The van der Waals surface area contributed by atoms with E-state index in [0.29, 0.717) is 23.6 Å². The van der Waals surface area contributed by atoms with Crippen LogP contribution in [-0.4, -0.2) is 35.6 Å². The van der Waals surface area contributed by atoms with Gasteiger partial charge in [0.05, 0.1) is 20.4 Å². The van der Waals surface area contributed by atoms with Crippen LogP contribution in [0.5, 0.6) is 11.5 Å². The van der Waals surface area contributed by atoms with Gasteiger partial charge in [0.1, 0.15) is 5.69 Å². The summed E-state index contributed by atoms with van der Waals surface area (Å²) in [6.07, 6.45) is 1.98. The second kappa shape index (κ2) is 8.61. The summed E-state index contributed by atoms with van der Waals surface area (Å²) in [7, 11) is 3.14. The van der Waals surface area contributed by atoms with Gasteiger partial charge < -0.3 is 9.47 Å². The van der Waals surface area contributed by atoms with E-state index >= 15 is 0 Å². The molecule has 0 bridgehead atoms. The highest BCUT2D eigenvalue weighted by Crippen LogP contribution is 2.26. The van der Waals surface area contributed by atoms with Gasteiger partial charge in [-0.25, -0.2) is 5.43 Å². The molecule has 0 aliphatic rings. The number of methoxy groups -OCH3 is 2. The summed E-state index contributed by atoms with van der Waals surface area (Å²) in [5.74, 6) is 1.39. The van der Waals surface area contributed by atoms with Gasteiger partial charge in [0.25, 0.3) is 5.56 Å². The van der Waals surface area contributed by atoms with Crippen molar-refractivity contribution in [2.45, 2.75) is 6.42 Å². The first-order valence-electron chi connectivity index (χ1n) is 8.20. The van der Waals surface area contributed by atoms with E-state index in [9.17, 15) is 4.79 Å². The second-order valence-corrected chi connectivity index (χ2v) is 5.60. The minimum Gasteiger partial charge on any atom is -0.493 e. The molecule has 0 spiro atoms. The van der Waals surface area contributed by atoms with E-state index < -0.39 is 0 Å². The molecule has 0 atom stereocenters. The van der Waals surface area contributed by atoms with E-state index in [1.807, 2.05) is 36.4 Å². The maximum absolute atomic E-state index is 12.2. The third-order valence-electron chi connectivity index (χ3n) is 3.77. The van der Waals surface area contributed by atoms with Gasteiger partial charge in [-0.2, -0.15) is 5.10 Å². The van der Waals surface area contributed by atoms with E-state index in [-0.39, 0.29) is 11.5 Å². The van der Waals surface area contributed by atoms with Crippen LogP contribution in [0.25, 0.3) is 0 Å². The Bertz CT molecular complexity index is 986. The fourth-order valence-corrected chi connectivity index (χ4v) is 2.42. The quantitative estimate of drug-likeness (QED) is 0.492. The molecular formula is C19H19N5O3. The molecule has 0 saturated heterocycles. The zero-order chi connectivity index (χ0) is 19.1. The standard InChI is InChI=1S/C19H19N5O3/c1-26-16-9-8-14(11-17(16)27-2)12-20-23-19-21-18(25)15(22-24-19)10-13-6-4-3-5-7-13/h3-9,11-12H,10H2,1-2H3,(H2,21,23,24,25)/b20-12+. The minimum atomic E-state index is -0.308. The molecular weight excluding hydrogens is 346 g/mol. The first-order chi connectivity index (χ1) is 13.2. The van der Waals surface area contributed by atoms with Crippen molar-refractivity contribution in [2.24, 2.45) is 5.10 Å². The van der Waals surface area contributed by atoms with Crippen molar-refractivity contribution in [3.05, 3.63) is 75.7 Å². The van der Waals surface area contributed by atoms with Crippen LogP contribution in [-0.2, 0) is 6.42 Å². The molecule has 1 aromatic heterocycles. The van der Waals surface area contributed by atoms with Gasteiger partial charge in [-0.3, -0.25) is 9.78 Å². The lowest BCUT2D eigenvalue weighted by Crippen LogP contribution is -2.18. The number of ether oxygens (including phenoxy) is 2. The Morgan fingerprint density at radius 2 is 1.85 bits per heavy atom. The van der Waals surface area contributed by atoms with Crippen LogP contribution in [0.2, 0.25) is 0 Å². The Hall–Kier alpha value is -3.68. The molecule has 0 aliphatic heterocycles. The lowest BCUT2D eigenvalue weighted by molar-refractivity contribution is 0.355. The van der Waals surface area contributed by atoms with E-state index in [0.717, 1.165) is 11.1 Å². The van der Waals surface area contributed by atoms with Crippen molar-refractivity contribution in [3.8, 4) is 11.5 Å². The first kappa shape index (κ1) is 18.1. The van der Waals surface area contributed by atoms with Gasteiger partial charge in [-0.15, -0.1) is 10.2 Å². The molecule has 27 heavy (non-hydrogen) atoms. The molecule has 0 fully saturated rings. The van der Waals surface area contributed by atoms with Crippen molar-refractivity contribution in [1.82, 2.24) is 15.2 Å². The summed E-state index contributed by atoms with van der Waals surface area (Å²) in [6, 6.07) is 15.0. The molecule has 0 saturated carbocycles. The van der Waals surface area contributed by atoms with Crippen LogP contribution in [0.4, 0.5) is 5.95 Å². The Morgan fingerprint density at radius 3 is 2.56 bits per heavy atom. The number of nitrogens with one attached hydrogen (secondary N) is 2. The van der Waals surface area contributed by atoms with Crippen molar-refractivity contribution >= 4 is 12.2 Å². The summed E-state index contributed by atoms with van der Waals surface area (Å²) in [5, 5.41) is 12.0. The molecule has 0 unspecified atom stereocenters. The van der Waals surface area contributed by atoms with E-state index in [2.05, 4.69) is 25.7 Å². The highest BCUT2D eigenvalue weighted by molar-refractivity contribution is 5.81. The van der Waals surface area contributed by atoms with Crippen LogP contribution >= 0.6 is 0 Å². The molecule has 0 amide bonds. The van der Waals surface area contributed by atoms with Gasteiger partial charge in [-0.05, 0) is 29.3 Å². The third-order valence-corrected chi connectivity index (χ3v) is 3.77. The summed E-state index contributed by atoms with van der Waals surface area (Å²) < 4.78 is 10.4. The smallest absolute Gasteiger partial charge is 0.274 e. The van der Waals surface area contributed by atoms with Crippen molar-refractivity contribution in [2.75, 3.05) is 19.6 Å². The molecule has 8 nitrogen and oxygen atoms in total. The molecule has 1 heterocycles. The van der Waals surface area contributed by atoms with E-state index in [1.54, 1.807) is 32.6 Å². The summed E-state index contributed by atoms with van der Waals surface area (Å²) in [4.78, 5) is 14.8. The van der Waals surface area contributed by atoms with Gasteiger partial charge in [0.15, 0.2) is 11.5 Å². The van der Waals surface area contributed by atoms with Crippen molar-refractivity contribution in [3.63, 3.8) is 0 Å². The molecule has 2 N–H and O–H groups in total. The zero-order valence-electron chi connectivity index (χ0n) is 15.0. The minimum absolute atomic E-state index is 0.161. The molecule has 3 rings (SSSR count). The largest absolute Gasteiger partial charge is 0.493 e. The Balaban J connectivity index is 1.67. The van der Waals surface area contributed by atoms with Crippen LogP contribution in [0.15, 0.2) is 58.4 Å². The van der Waals surface area contributed by atoms with Gasteiger partial charge in [0, 0.05) is 6.42 Å². The van der Waals surface area contributed by atoms with Crippen LogP contribution in [0, 0.1) is 0 Å². The monoisotopic (exact) mass is 365 g/mol. The Morgan fingerprint density at radius 1 is 1.07 bits per heavy atom. The predicted molar refractivity (Wildman–Crippen MR) is 103 cm³/mol. The summed E-state index contributed by atoms with van der Waals surface area (Å²) >= 11 is 0. The number of aromatic amines is 1. The predicted octanol–water partition coefficient (Wildman–Crippen LogP) is 2.22. The second-order valence-electron chi connectivity index (χ2n) is 5.60. The topological polar surface area (TPSA) is 101 Å². The average Bonchev–Trinajstić information content (AvgIpc) is 2.70. The summed E-state index contributed by atoms with van der Waals surface area (Å²) in [6.45, 7) is 0. The third kappa shape index (κ3) is 4.69. The number of aromatic nitrogens is 3. The van der Waals surface area contributed by atoms with Gasteiger partial charge >= 0.3 is 0 Å². The molecule has 8 heteroatoms. The number of hydrazone groups is 1. The number of hydrogen-bond donors (Lipinski definition) is 2. The lowest BCUT2D eigenvalue weighted by atomic mass is 10.1. The van der Waals surface area contributed by atoms with Crippen molar-refractivity contribution in [1.29, 1.82) is 0 Å². The van der Waals surface area contributed by atoms with Gasteiger partial charge in [0.2, 0.25) is 5.95 Å². The van der Waals surface area contributed by atoms with E-state index in [4.69, 9.17) is 9.47 Å². The Kier molecular flexibility index (Phi) is 5.78. The number of H-pyrrole nitrogens is 1. The zero-order valence-corrected chi connectivity index (χ0v) is 15.0. The average molecular weight is 365 g/mol. The normalized spacial score (nSPS) is 10.7. The number of anilines is 1. The molecule has 2 aromatic carbocycles. The SMILES string of the molecule is COc1ccc(/C=N/Nc2nnc(Cc3ccccc3)c(=O)[nH]2)cc1OC.